The molecular weight excluding hydrogens is 448 g/mol. The van der Waals surface area contributed by atoms with Crippen molar-refractivity contribution in [1.82, 2.24) is 19.7 Å². The predicted molar refractivity (Wildman–Crippen MR) is 126 cm³/mol. The smallest absolute Gasteiger partial charge is 0.192 e. The van der Waals surface area contributed by atoms with Gasteiger partial charge in [-0.1, -0.05) is 17.8 Å². The Bertz CT molecular complexity index is 1170. The lowest BCUT2D eigenvalue weighted by molar-refractivity contribution is 0.311. The molecule has 0 atom stereocenters. The molecule has 6 nitrogen and oxygen atoms in total. The molecule has 0 spiro atoms. The fourth-order valence-corrected chi connectivity index (χ4v) is 5.86. The molecule has 3 heterocycles. The van der Waals surface area contributed by atoms with Crippen molar-refractivity contribution in [2.75, 3.05) is 13.7 Å². The minimum atomic E-state index is 0.525. The van der Waals surface area contributed by atoms with Gasteiger partial charge >= 0.3 is 0 Å². The molecule has 160 valence electrons. The molecule has 1 fully saturated rings. The second kappa shape index (κ2) is 9.02. The van der Waals surface area contributed by atoms with Gasteiger partial charge in [0, 0.05) is 22.7 Å². The van der Waals surface area contributed by atoms with Crippen molar-refractivity contribution in [2.45, 2.75) is 36.7 Å². The van der Waals surface area contributed by atoms with Crippen molar-refractivity contribution < 1.29 is 9.47 Å². The van der Waals surface area contributed by atoms with Gasteiger partial charge in [-0.2, -0.15) is 0 Å². The van der Waals surface area contributed by atoms with E-state index in [9.17, 15) is 0 Å². The predicted octanol–water partition coefficient (Wildman–Crippen LogP) is 6.16. The van der Waals surface area contributed by atoms with E-state index in [2.05, 4.69) is 37.7 Å². The molecule has 1 saturated carbocycles. The van der Waals surface area contributed by atoms with Gasteiger partial charge in [0.2, 0.25) is 0 Å². The third kappa shape index (κ3) is 4.35. The van der Waals surface area contributed by atoms with Gasteiger partial charge in [0.1, 0.15) is 5.01 Å². The summed E-state index contributed by atoms with van der Waals surface area (Å²) in [6.07, 6.45) is 2.40. The minimum absolute atomic E-state index is 0.525. The topological polar surface area (TPSA) is 62.1 Å². The first-order valence-electron chi connectivity index (χ1n) is 10.1. The molecule has 5 rings (SSSR count). The first-order chi connectivity index (χ1) is 15.3. The van der Waals surface area contributed by atoms with E-state index in [1.54, 1.807) is 41.5 Å². The summed E-state index contributed by atoms with van der Waals surface area (Å²) in [6.45, 7) is 2.57. The molecule has 0 radical (unpaired) electrons. The Kier molecular flexibility index (Phi) is 5.97. The van der Waals surface area contributed by atoms with Crippen LogP contribution in [0.2, 0.25) is 0 Å². The van der Waals surface area contributed by atoms with Crippen molar-refractivity contribution in [3.05, 3.63) is 46.8 Å². The van der Waals surface area contributed by atoms with E-state index in [4.69, 9.17) is 14.5 Å². The van der Waals surface area contributed by atoms with Crippen molar-refractivity contribution in [1.29, 1.82) is 0 Å². The lowest BCUT2D eigenvalue weighted by atomic mass is 10.2. The van der Waals surface area contributed by atoms with E-state index in [0.717, 1.165) is 44.5 Å². The number of thiophene rings is 1. The highest BCUT2D eigenvalue weighted by Gasteiger charge is 2.30. The normalized spacial score (nSPS) is 13.5. The van der Waals surface area contributed by atoms with Crippen LogP contribution in [0, 0.1) is 0 Å². The third-order valence-corrected chi connectivity index (χ3v) is 7.71. The second-order valence-electron chi connectivity index (χ2n) is 7.12. The maximum Gasteiger partial charge on any atom is 0.192 e. The SMILES string of the molecule is CCOc1ccc(-c2nc(CSc3nnc(-c4cccs4)n3C3CC3)cs2)cc1OC. The molecule has 3 aromatic heterocycles. The summed E-state index contributed by atoms with van der Waals surface area (Å²) in [7, 11) is 1.66. The number of ether oxygens (including phenoxy) is 2. The first-order valence-corrected chi connectivity index (χ1v) is 12.9. The number of benzene rings is 1. The molecule has 31 heavy (non-hydrogen) atoms. The number of aromatic nitrogens is 4. The largest absolute Gasteiger partial charge is 0.493 e. The van der Waals surface area contributed by atoms with Gasteiger partial charge in [0.15, 0.2) is 22.5 Å². The fraction of sp³-hybridized carbons (Fsp3) is 0.318. The van der Waals surface area contributed by atoms with Crippen LogP contribution in [-0.4, -0.2) is 33.5 Å². The maximum atomic E-state index is 5.62. The van der Waals surface area contributed by atoms with Crippen LogP contribution in [0.15, 0.2) is 46.2 Å². The average molecular weight is 471 g/mol. The number of hydrogen-bond acceptors (Lipinski definition) is 8. The molecule has 0 saturated heterocycles. The van der Waals surface area contributed by atoms with E-state index in [0.29, 0.717) is 12.6 Å². The molecule has 0 unspecified atom stereocenters. The minimum Gasteiger partial charge on any atom is -0.493 e. The van der Waals surface area contributed by atoms with Gasteiger partial charge in [-0.15, -0.1) is 32.9 Å². The quantitative estimate of drug-likeness (QED) is 0.273. The van der Waals surface area contributed by atoms with Crippen LogP contribution in [0.5, 0.6) is 11.5 Å². The number of thiazole rings is 1. The fourth-order valence-electron chi connectivity index (χ4n) is 3.33. The standard InChI is InChI=1S/C22H22N4O2S3/c1-3-28-17-9-6-14(11-18(17)27-2)21-23-15(12-30-21)13-31-22-25-24-20(19-5-4-10-29-19)26(22)16-7-8-16/h4-6,9-12,16H,3,7-8,13H2,1-2H3. The third-order valence-electron chi connectivity index (χ3n) is 4.93. The summed E-state index contributed by atoms with van der Waals surface area (Å²) < 4.78 is 13.4. The number of nitrogens with zero attached hydrogens (tertiary/aromatic N) is 4. The van der Waals surface area contributed by atoms with Gasteiger partial charge in [-0.25, -0.2) is 4.98 Å². The van der Waals surface area contributed by atoms with E-state index < -0.39 is 0 Å². The molecule has 1 aromatic carbocycles. The molecule has 4 aromatic rings. The van der Waals surface area contributed by atoms with E-state index in [1.807, 2.05) is 25.1 Å². The highest BCUT2D eigenvalue weighted by molar-refractivity contribution is 7.98. The van der Waals surface area contributed by atoms with Crippen molar-refractivity contribution in [2.24, 2.45) is 0 Å². The van der Waals surface area contributed by atoms with Gasteiger partial charge in [-0.3, -0.25) is 4.57 Å². The van der Waals surface area contributed by atoms with Crippen LogP contribution in [0.3, 0.4) is 0 Å². The van der Waals surface area contributed by atoms with Gasteiger partial charge < -0.3 is 9.47 Å². The lowest BCUT2D eigenvalue weighted by Crippen LogP contribution is -1.99. The summed E-state index contributed by atoms with van der Waals surface area (Å²) >= 11 is 5.05. The molecule has 0 amide bonds. The van der Waals surface area contributed by atoms with E-state index in [-0.39, 0.29) is 0 Å². The lowest BCUT2D eigenvalue weighted by Gasteiger charge is -2.10. The Labute approximate surface area is 193 Å². The van der Waals surface area contributed by atoms with Gasteiger partial charge in [0.25, 0.3) is 0 Å². The molecule has 1 aliphatic carbocycles. The van der Waals surface area contributed by atoms with E-state index in [1.165, 1.54) is 17.7 Å². The molecule has 0 aliphatic heterocycles. The highest BCUT2D eigenvalue weighted by atomic mass is 32.2. The van der Waals surface area contributed by atoms with Crippen LogP contribution in [0.4, 0.5) is 0 Å². The molecular formula is C22H22N4O2S3. The zero-order valence-electron chi connectivity index (χ0n) is 17.3. The maximum absolute atomic E-state index is 5.62. The van der Waals surface area contributed by atoms with Crippen LogP contribution in [0.1, 0.15) is 31.5 Å². The molecule has 1 aliphatic rings. The van der Waals surface area contributed by atoms with Crippen molar-refractivity contribution >= 4 is 34.4 Å². The molecule has 0 bridgehead atoms. The van der Waals surface area contributed by atoms with Crippen LogP contribution < -0.4 is 9.47 Å². The Morgan fingerprint density at radius 1 is 1.16 bits per heavy atom. The average Bonchev–Trinajstić information content (AvgIpc) is 3.19. The van der Waals surface area contributed by atoms with Crippen LogP contribution >= 0.6 is 34.4 Å². The Morgan fingerprint density at radius 3 is 2.81 bits per heavy atom. The summed E-state index contributed by atoms with van der Waals surface area (Å²) in [6, 6.07) is 10.7. The Balaban J connectivity index is 1.32. The van der Waals surface area contributed by atoms with Gasteiger partial charge in [0.05, 0.1) is 24.3 Å². The summed E-state index contributed by atoms with van der Waals surface area (Å²) in [5.74, 6) is 3.23. The number of hydrogen-bond donors (Lipinski definition) is 0. The molecule has 9 heteroatoms. The van der Waals surface area contributed by atoms with Crippen LogP contribution in [0.25, 0.3) is 21.3 Å². The van der Waals surface area contributed by atoms with Crippen LogP contribution in [-0.2, 0) is 5.75 Å². The first kappa shape index (κ1) is 20.5. The number of rotatable bonds is 9. The summed E-state index contributed by atoms with van der Waals surface area (Å²) in [4.78, 5) is 6.01. The van der Waals surface area contributed by atoms with Gasteiger partial charge in [-0.05, 0) is 49.4 Å². The summed E-state index contributed by atoms with van der Waals surface area (Å²) in [5.41, 5.74) is 2.07. The van der Waals surface area contributed by atoms with Crippen molar-refractivity contribution in [3.8, 4) is 32.8 Å². The van der Waals surface area contributed by atoms with Crippen molar-refractivity contribution in [3.63, 3.8) is 0 Å². The monoisotopic (exact) mass is 470 g/mol. The Hall–Kier alpha value is -2.36. The number of methoxy groups -OCH3 is 1. The Morgan fingerprint density at radius 2 is 2.06 bits per heavy atom. The highest BCUT2D eigenvalue weighted by Crippen LogP contribution is 2.42. The zero-order valence-corrected chi connectivity index (χ0v) is 19.7. The number of thioether (sulfide) groups is 1. The summed E-state index contributed by atoms with van der Waals surface area (Å²) in [5, 5.41) is 15.1. The second-order valence-corrected chi connectivity index (χ2v) is 9.86. The molecule has 0 N–H and O–H groups in total. The van der Waals surface area contributed by atoms with E-state index >= 15 is 0 Å². The zero-order chi connectivity index (χ0) is 21.2.